The number of aromatic nitrogens is 1. The van der Waals surface area contributed by atoms with Gasteiger partial charge in [-0.25, -0.2) is 9.37 Å². The van der Waals surface area contributed by atoms with Gasteiger partial charge < -0.3 is 4.74 Å². The largest absolute Gasteiger partial charge is 0.461 e. The van der Waals surface area contributed by atoms with Crippen molar-refractivity contribution in [1.82, 2.24) is 4.57 Å². The minimum absolute atomic E-state index is 0.0418. The first-order valence-electron chi connectivity index (χ1n) is 9.85. The number of hydrogen-bond donors (Lipinski definition) is 0. The van der Waals surface area contributed by atoms with Crippen molar-refractivity contribution in [3.05, 3.63) is 41.6 Å². The van der Waals surface area contributed by atoms with Crippen LogP contribution in [0.2, 0.25) is 0 Å². The standard InChI is InChI=1S/C22H25N2O2/c1-3-22-11-7-12-23-13-10-16-15-8-5-6-9-17(15)24(19(16)20(22)23)18(14-22)21(25)26-4-2/h5-6,8-9,14H,3-4,7,10-13H2,1-2H3/q+1/t22-/m0/s1. The Morgan fingerprint density at radius 3 is 2.92 bits per heavy atom. The molecule has 0 amide bonds. The van der Waals surface area contributed by atoms with Crippen LogP contribution in [0, 0.1) is 5.41 Å². The molecular formula is C22H25N2O2+. The van der Waals surface area contributed by atoms with Crippen LogP contribution in [0.5, 0.6) is 0 Å². The van der Waals surface area contributed by atoms with E-state index in [4.69, 9.17) is 4.74 Å². The van der Waals surface area contributed by atoms with Crippen LogP contribution in [0.25, 0.3) is 16.6 Å². The molecule has 0 fully saturated rings. The van der Waals surface area contributed by atoms with E-state index in [9.17, 15) is 4.79 Å². The predicted octanol–water partition coefficient (Wildman–Crippen LogP) is 3.61. The lowest BCUT2D eigenvalue weighted by molar-refractivity contribution is -0.537. The molecule has 0 saturated carbocycles. The van der Waals surface area contributed by atoms with Gasteiger partial charge in [0.25, 0.3) is 0 Å². The maximum atomic E-state index is 12.9. The van der Waals surface area contributed by atoms with Crippen LogP contribution in [0.1, 0.15) is 44.4 Å². The summed E-state index contributed by atoms with van der Waals surface area (Å²) in [6.07, 6.45) is 6.57. The Hall–Kier alpha value is -2.36. The fourth-order valence-electron chi connectivity index (χ4n) is 5.31. The summed E-state index contributed by atoms with van der Waals surface area (Å²) < 4.78 is 10.2. The zero-order chi connectivity index (χ0) is 17.9. The molecule has 0 unspecified atom stereocenters. The number of carbonyl (C=O) groups is 1. The van der Waals surface area contributed by atoms with E-state index in [1.165, 1.54) is 28.8 Å². The molecule has 5 rings (SSSR count). The average Bonchev–Trinajstić information content (AvgIpc) is 3.02. The number of hydrogen-bond acceptors (Lipinski definition) is 2. The fraction of sp³-hybridized carbons (Fsp3) is 0.455. The molecule has 0 spiro atoms. The van der Waals surface area contributed by atoms with Crippen LogP contribution >= 0.6 is 0 Å². The Bertz CT molecular complexity index is 995. The lowest BCUT2D eigenvalue weighted by Gasteiger charge is -2.39. The first-order valence-corrected chi connectivity index (χ1v) is 9.85. The van der Waals surface area contributed by atoms with Crippen molar-refractivity contribution < 1.29 is 14.1 Å². The molecule has 26 heavy (non-hydrogen) atoms. The second-order valence-electron chi connectivity index (χ2n) is 7.63. The molecule has 1 atom stereocenters. The molecule has 1 aromatic heterocycles. The van der Waals surface area contributed by atoms with Crippen molar-refractivity contribution in [2.24, 2.45) is 5.41 Å². The zero-order valence-corrected chi connectivity index (χ0v) is 15.5. The van der Waals surface area contributed by atoms with Crippen molar-refractivity contribution in [3.63, 3.8) is 0 Å². The van der Waals surface area contributed by atoms with Gasteiger partial charge >= 0.3 is 5.97 Å². The van der Waals surface area contributed by atoms with E-state index < -0.39 is 0 Å². The first kappa shape index (κ1) is 15.9. The number of rotatable bonds is 3. The van der Waals surface area contributed by atoms with Gasteiger partial charge in [0.2, 0.25) is 5.71 Å². The third-order valence-electron chi connectivity index (χ3n) is 6.44. The van der Waals surface area contributed by atoms with Crippen molar-refractivity contribution >= 4 is 28.3 Å². The highest BCUT2D eigenvalue weighted by Gasteiger charge is 2.51. The van der Waals surface area contributed by atoms with Crippen molar-refractivity contribution in [2.75, 3.05) is 19.7 Å². The van der Waals surface area contributed by atoms with Gasteiger partial charge in [0.1, 0.15) is 24.5 Å². The normalized spacial score (nSPS) is 23.7. The molecule has 1 aromatic carbocycles. The van der Waals surface area contributed by atoms with Crippen LogP contribution < -0.4 is 0 Å². The summed E-state index contributed by atoms with van der Waals surface area (Å²) in [6, 6.07) is 8.49. The fourth-order valence-corrected chi connectivity index (χ4v) is 5.31. The Morgan fingerprint density at radius 1 is 1.27 bits per heavy atom. The van der Waals surface area contributed by atoms with Gasteiger partial charge in [-0.15, -0.1) is 0 Å². The van der Waals surface area contributed by atoms with Gasteiger partial charge in [-0.2, -0.15) is 0 Å². The Balaban J connectivity index is 1.90. The molecular weight excluding hydrogens is 324 g/mol. The SMILES string of the molecule is CCOC(=O)C1=C[C@]2(CC)CCC[N+]3=C2c2c(c4ccccc4n21)CC3. The molecule has 3 aliphatic rings. The van der Waals surface area contributed by atoms with Crippen molar-refractivity contribution in [3.8, 4) is 0 Å². The highest BCUT2D eigenvalue weighted by molar-refractivity contribution is 6.20. The van der Waals surface area contributed by atoms with Gasteiger partial charge in [0.15, 0.2) is 0 Å². The van der Waals surface area contributed by atoms with Gasteiger partial charge in [0.05, 0.1) is 17.5 Å². The zero-order valence-electron chi connectivity index (χ0n) is 15.5. The summed E-state index contributed by atoms with van der Waals surface area (Å²) in [4.78, 5) is 12.9. The lowest BCUT2D eigenvalue weighted by Crippen LogP contribution is -2.48. The molecule has 3 aliphatic heterocycles. The third kappa shape index (κ3) is 1.90. The predicted molar refractivity (Wildman–Crippen MR) is 103 cm³/mol. The van der Waals surface area contributed by atoms with Crippen LogP contribution in [0.15, 0.2) is 30.3 Å². The number of esters is 1. The molecule has 0 radical (unpaired) electrons. The lowest BCUT2D eigenvalue weighted by atomic mass is 9.69. The maximum absolute atomic E-state index is 12.9. The highest BCUT2D eigenvalue weighted by atomic mass is 16.5. The third-order valence-corrected chi connectivity index (χ3v) is 6.44. The highest BCUT2D eigenvalue weighted by Crippen LogP contribution is 2.47. The summed E-state index contributed by atoms with van der Waals surface area (Å²) in [6.45, 7) is 6.74. The monoisotopic (exact) mass is 349 g/mol. The van der Waals surface area contributed by atoms with Crippen LogP contribution in [0.4, 0.5) is 0 Å². The summed E-state index contributed by atoms with van der Waals surface area (Å²) in [5.74, 6) is -0.203. The van der Waals surface area contributed by atoms with Gasteiger partial charge in [-0.05, 0) is 37.5 Å². The summed E-state index contributed by atoms with van der Waals surface area (Å²) >= 11 is 0. The smallest absolute Gasteiger partial charge is 0.355 e. The van der Waals surface area contributed by atoms with Gasteiger partial charge in [0, 0.05) is 18.2 Å². The van der Waals surface area contributed by atoms with Crippen LogP contribution in [-0.2, 0) is 16.0 Å². The Morgan fingerprint density at radius 2 is 2.12 bits per heavy atom. The van der Waals surface area contributed by atoms with E-state index in [1.807, 2.05) is 6.92 Å². The van der Waals surface area contributed by atoms with E-state index in [1.54, 1.807) is 0 Å². The van der Waals surface area contributed by atoms with Gasteiger partial charge in [-0.3, -0.25) is 4.57 Å². The van der Waals surface area contributed by atoms with E-state index in [0.717, 1.165) is 37.9 Å². The second-order valence-corrected chi connectivity index (χ2v) is 7.63. The van der Waals surface area contributed by atoms with E-state index in [0.29, 0.717) is 12.3 Å². The molecule has 134 valence electrons. The molecule has 0 N–H and O–H groups in total. The molecule has 4 nitrogen and oxygen atoms in total. The number of allylic oxidation sites excluding steroid dienone is 1. The first-order chi connectivity index (χ1) is 12.7. The van der Waals surface area contributed by atoms with E-state index >= 15 is 0 Å². The number of carbonyl (C=O) groups excluding carboxylic acids is 1. The Labute approximate surface area is 153 Å². The molecule has 0 aliphatic carbocycles. The van der Waals surface area contributed by atoms with E-state index in [2.05, 4.69) is 46.4 Å². The topological polar surface area (TPSA) is 34.2 Å². The van der Waals surface area contributed by atoms with Crippen LogP contribution in [-0.4, -0.2) is 40.5 Å². The second kappa shape index (κ2) is 5.57. The van der Waals surface area contributed by atoms with Crippen LogP contribution in [0.3, 0.4) is 0 Å². The maximum Gasteiger partial charge on any atom is 0.355 e. The van der Waals surface area contributed by atoms with Crippen molar-refractivity contribution in [2.45, 2.75) is 39.5 Å². The number of benzene rings is 1. The minimum atomic E-state index is -0.203. The van der Waals surface area contributed by atoms with E-state index in [-0.39, 0.29) is 11.4 Å². The molecule has 2 aromatic rings. The summed E-state index contributed by atoms with van der Waals surface area (Å²) in [5, 5.41) is 1.28. The van der Waals surface area contributed by atoms with Gasteiger partial charge in [-0.1, -0.05) is 25.1 Å². The Kier molecular flexibility index (Phi) is 3.40. The molecule has 0 saturated heterocycles. The number of ether oxygens (including phenoxy) is 1. The number of fused-ring (bicyclic) bond motifs is 3. The average molecular weight is 349 g/mol. The summed E-state index contributed by atoms with van der Waals surface area (Å²) in [5.41, 5.74) is 5.91. The minimum Gasteiger partial charge on any atom is -0.461 e. The quantitative estimate of drug-likeness (QED) is 0.627. The molecule has 0 bridgehead atoms. The number of nitrogens with zero attached hydrogens (tertiary/aromatic N) is 2. The summed E-state index contributed by atoms with van der Waals surface area (Å²) in [7, 11) is 0. The molecule has 4 heterocycles. The molecule has 4 heteroatoms. The number of para-hydroxylation sites is 1. The van der Waals surface area contributed by atoms with Crippen molar-refractivity contribution in [1.29, 1.82) is 0 Å².